The molecule has 0 aromatic heterocycles. The van der Waals surface area contributed by atoms with Crippen molar-refractivity contribution in [2.75, 3.05) is 7.11 Å². The van der Waals surface area contributed by atoms with E-state index in [1.54, 1.807) is 34.6 Å². The van der Waals surface area contributed by atoms with Gasteiger partial charge in [-0.2, -0.15) is 0 Å². The van der Waals surface area contributed by atoms with E-state index in [4.69, 9.17) is 14.2 Å². The number of imide groups is 1. The van der Waals surface area contributed by atoms with Crippen LogP contribution in [0.1, 0.15) is 48.5 Å². The van der Waals surface area contributed by atoms with Gasteiger partial charge in [0, 0.05) is 7.11 Å². The van der Waals surface area contributed by atoms with Gasteiger partial charge in [-0.05, 0) is 48.5 Å². The van der Waals surface area contributed by atoms with Crippen LogP contribution in [0.2, 0.25) is 0 Å². The number of β-lactam (4-membered cyclic amide) rings is 1. The van der Waals surface area contributed by atoms with Crippen LogP contribution in [0, 0.1) is 0 Å². The van der Waals surface area contributed by atoms with Gasteiger partial charge in [0.05, 0.1) is 6.04 Å². The average molecular weight is 313 g/mol. The lowest BCUT2D eigenvalue weighted by molar-refractivity contribution is -0.247. The third kappa shape index (κ3) is 4.55. The van der Waals surface area contributed by atoms with E-state index < -0.39 is 35.5 Å². The first kappa shape index (κ1) is 18.6. The molecule has 1 heterocycles. The van der Waals surface area contributed by atoms with Gasteiger partial charge in [-0.25, -0.2) is 9.69 Å². The molecule has 0 spiro atoms. The van der Waals surface area contributed by atoms with Crippen molar-refractivity contribution in [3.8, 4) is 0 Å². The highest BCUT2D eigenvalue weighted by Gasteiger charge is 2.53. The molecule has 1 fully saturated rings. The smallest absolute Gasteiger partial charge is 0.417 e. The molecular formula is C16H27NO5. The van der Waals surface area contributed by atoms with Crippen LogP contribution in [0.25, 0.3) is 0 Å². The van der Waals surface area contributed by atoms with Crippen molar-refractivity contribution in [1.29, 1.82) is 0 Å². The Bertz CT molecular complexity index is 471. The Balaban J connectivity index is 2.94. The van der Waals surface area contributed by atoms with E-state index >= 15 is 0 Å². The number of likely N-dealkylation sites (tertiary alicyclic amines) is 1. The fourth-order valence-electron chi connectivity index (χ4n) is 1.98. The quantitative estimate of drug-likeness (QED) is 0.453. The Kier molecular flexibility index (Phi) is 5.41. The second kappa shape index (κ2) is 6.38. The number of carbonyl (C=O) groups is 2. The second-order valence-electron chi connectivity index (χ2n) is 7.07. The van der Waals surface area contributed by atoms with Crippen molar-refractivity contribution in [3.05, 3.63) is 11.6 Å². The van der Waals surface area contributed by atoms with Crippen LogP contribution in [-0.4, -0.2) is 47.5 Å². The number of nitrogens with zero attached hydrogens (tertiary/aromatic N) is 1. The maximum absolute atomic E-state index is 12.3. The van der Waals surface area contributed by atoms with Crippen LogP contribution < -0.4 is 0 Å². The first-order chi connectivity index (χ1) is 9.88. The van der Waals surface area contributed by atoms with Crippen LogP contribution >= 0.6 is 0 Å². The highest BCUT2D eigenvalue weighted by Crippen LogP contribution is 2.31. The van der Waals surface area contributed by atoms with Crippen molar-refractivity contribution in [3.63, 3.8) is 0 Å². The zero-order valence-corrected chi connectivity index (χ0v) is 14.7. The van der Waals surface area contributed by atoms with Crippen molar-refractivity contribution in [2.45, 2.75) is 72.0 Å². The van der Waals surface area contributed by atoms with Crippen LogP contribution in [0.5, 0.6) is 0 Å². The third-order valence-corrected chi connectivity index (χ3v) is 3.09. The highest BCUT2D eigenvalue weighted by atomic mass is 16.7. The molecular weight excluding hydrogens is 286 g/mol. The van der Waals surface area contributed by atoms with Crippen molar-refractivity contribution >= 4 is 12.0 Å². The van der Waals surface area contributed by atoms with Crippen LogP contribution in [0.15, 0.2) is 11.6 Å². The largest absolute Gasteiger partial charge is 0.443 e. The number of allylic oxidation sites excluding steroid dienone is 1. The Morgan fingerprint density at radius 3 is 2.14 bits per heavy atom. The molecule has 1 aliphatic rings. The maximum atomic E-state index is 12.3. The zero-order chi connectivity index (χ0) is 17.3. The molecule has 6 nitrogen and oxygen atoms in total. The van der Waals surface area contributed by atoms with Gasteiger partial charge < -0.3 is 14.2 Å². The summed E-state index contributed by atoms with van der Waals surface area (Å²) in [6.45, 7) is 12.5. The molecule has 6 heteroatoms. The van der Waals surface area contributed by atoms with Crippen molar-refractivity contribution < 1.29 is 23.8 Å². The number of hydrogen-bond acceptors (Lipinski definition) is 5. The summed E-state index contributed by atoms with van der Waals surface area (Å²) >= 11 is 0. The highest BCUT2D eigenvalue weighted by molar-refractivity contribution is 6.01. The maximum Gasteiger partial charge on any atom is 0.417 e. The fraction of sp³-hybridized carbons (Fsp3) is 0.750. The van der Waals surface area contributed by atoms with E-state index in [0.29, 0.717) is 0 Å². The van der Waals surface area contributed by atoms with Crippen molar-refractivity contribution in [1.82, 2.24) is 4.90 Å². The minimum Gasteiger partial charge on any atom is -0.443 e. The molecule has 0 N–H and O–H groups in total. The molecule has 0 aromatic carbocycles. The summed E-state index contributed by atoms with van der Waals surface area (Å²) in [5.41, 5.74) is 0.319. The summed E-state index contributed by atoms with van der Waals surface area (Å²) in [6.07, 6.45) is 0.411. The molecule has 22 heavy (non-hydrogen) atoms. The molecule has 1 saturated heterocycles. The normalized spacial score (nSPS) is 22.2. The number of ether oxygens (including phenoxy) is 3. The minimum atomic E-state index is -0.909. The van der Waals surface area contributed by atoms with Gasteiger partial charge in [-0.15, -0.1) is 0 Å². The van der Waals surface area contributed by atoms with E-state index in [2.05, 4.69) is 0 Å². The second-order valence-corrected chi connectivity index (χ2v) is 7.07. The van der Waals surface area contributed by atoms with Crippen LogP contribution in [0.4, 0.5) is 4.79 Å². The molecule has 2 amide bonds. The van der Waals surface area contributed by atoms with Gasteiger partial charge in [0.1, 0.15) is 5.60 Å². The van der Waals surface area contributed by atoms with E-state index in [0.717, 1.165) is 10.5 Å². The number of rotatable bonds is 4. The zero-order valence-electron chi connectivity index (χ0n) is 14.7. The van der Waals surface area contributed by atoms with Crippen molar-refractivity contribution in [2.24, 2.45) is 0 Å². The summed E-state index contributed by atoms with van der Waals surface area (Å²) in [6, 6.07) is -0.484. The Morgan fingerprint density at radius 2 is 1.73 bits per heavy atom. The van der Waals surface area contributed by atoms with E-state index in [1.165, 1.54) is 7.11 Å². The summed E-state index contributed by atoms with van der Waals surface area (Å²) < 4.78 is 16.2. The fourth-order valence-corrected chi connectivity index (χ4v) is 1.98. The molecule has 0 saturated carbocycles. The predicted octanol–water partition coefficient (Wildman–Crippen LogP) is 2.87. The molecule has 126 valence electrons. The Labute approximate surface area is 132 Å². The minimum absolute atomic E-state index is 0.415. The molecule has 0 bridgehead atoms. The molecule has 1 aliphatic heterocycles. The molecule has 0 aromatic rings. The third-order valence-electron chi connectivity index (χ3n) is 3.09. The molecule has 0 radical (unpaired) electrons. The van der Waals surface area contributed by atoms with Gasteiger partial charge >= 0.3 is 6.09 Å². The monoisotopic (exact) mass is 313 g/mol. The lowest BCUT2D eigenvalue weighted by Gasteiger charge is -2.46. The van der Waals surface area contributed by atoms with E-state index in [9.17, 15) is 9.59 Å². The first-order valence-electron chi connectivity index (χ1n) is 7.32. The SMILES string of the molecule is COC(C)(C)O[C@@H]1C(=O)N(C(=O)OC(C)(C)C)[C@@H]1C=C(C)C. The molecule has 0 unspecified atom stereocenters. The molecule has 0 aliphatic carbocycles. The number of carbonyl (C=O) groups excluding carboxylic acids is 2. The predicted molar refractivity (Wildman–Crippen MR) is 82.3 cm³/mol. The van der Waals surface area contributed by atoms with E-state index in [1.807, 2.05) is 19.9 Å². The Hall–Kier alpha value is -1.40. The number of hydrogen-bond donors (Lipinski definition) is 0. The lowest BCUT2D eigenvalue weighted by Crippen LogP contribution is -2.68. The standard InChI is InChI=1S/C16H27NO5/c1-10(2)9-11-12(21-16(6,7)20-8)13(18)17(11)14(19)22-15(3,4)5/h9,11-12H,1-8H3/t11-,12+/m1/s1. The summed E-state index contributed by atoms with van der Waals surface area (Å²) in [5.74, 6) is -1.32. The average Bonchev–Trinajstić information content (AvgIpc) is 2.33. The van der Waals surface area contributed by atoms with Gasteiger partial charge in [0.15, 0.2) is 11.9 Å². The summed E-state index contributed by atoms with van der Waals surface area (Å²) in [7, 11) is 1.50. The van der Waals surface area contributed by atoms with E-state index in [-0.39, 0.29) is 0 Å². The molecule has 2 atom stereocenters. The topological polar surface area (TPSA) is 65.1 Å². The summed E-state index contributed by atoms with van der Waals surface area (Å²) in [5, 5.41) is 0. The first-order valence-corrected chi connectivity index (χ1v) is 7.32. The number of methoxy groups -OCH3 is 1. The van der Waals surface area contributed by atoms with Crippen LogP contribution in [-0.2, 0) is 19.0 Å². The van der Waals surface area contributed by atoms with Gasteiger partial charge in [-0.1, -0.05) is 11.6 Å². The summed E-state index contributed by atoms with van der Waals surface area (Å²) in [4.78, 5) is 25.6. The number of amides is 2. The lowest BCUT2D eigenvalue weighted by atomic mass is 9.96. The molecule has 1 rings (SSSR count). The van der Waals surface area contributed by atoms with Gasteiger partial charge in [-0.3, -0.25) is 4.79 Å². The Morgan fingerprint density at radius 1 is 1.18 bits per heavy atom. The van der Waals surface area contributed by atoms with Gasteiger partial charge in [0.25, 0.3) is 5.91 Å². The van der Waals surface area contributed by atoms with Crippen LogP contribution in [0.3, 0.4) is 0 Å². The van der Waals surface area contributed by atoms with Gasteiger partial charge in [0.2, 0.25) is 0 Å².